The Morgan fingerprint density at radius 1 is 0.742 bits per heavy atom. The third-order valence-electron chi connectivity index (χ3n) is 7.06. The van der Waals surface area contributed by atoms with Crippen LogP contribution in [0.3, 0.4) is 0 Å². The van der Waals surface area contributed by atoms with Crippen LogP contribution >= 0.6 is 24.4 Å². The van der Waals surface area contributed by atoms with Crippen LogP contribution in [0.1, 0.15) is 0 Å². The summed E-state index contributed by atoms with van der Waals surface area (Å²) in [5.41, 5.74) is 3.69. The van der Waals surface area contributed by atoms with Crippen LogP contribution in [-0.2, 0) is 67.3 Å². The van der Waals surface area contributed by atoms with Gasteiger partial charge in [-0.25, -0.2) is 33.7 Å². The summed E-state index contributed by atoms with van der Waals surface area (Å²) in [6.07, 6.45) is 0. The van der Waals surface area contributed by atoms with Gasteiger partial charge in [0.25, 0.3) is 0 Å². The predicted molar refractivity (Wildman–Crippen MR) is 189 cm³/mol. The van der Waals surface area contributed by atoms with Gasteiger partial charge in [0.2, 0.25) is 10.4 Å². The normalized spacial score (nSPS) is 12.1. The molecule has 4 aromatic carbocycles. The second-order valence-corrected chi connectivity index (χ2v) is 18.5. The Morgan fingerprint density at radius 2 is 1.35 bits per heavy atom. The molecule has 4 aromatic rings. The number of hydrogen-bond donors (Lipinski definition) is 2. The van der Waals surface area contributed by atoms with Crippen molar-refractivity contribution in [2.45, 2.75) is 19.6 Å². The minimum Gasteiger partial charge on any atom is -0.744 e. The molecular formula is C27H23N5Na4O20S6. The number of benzene rings is 4. The van der Waals surface area contributed by atoms with Crippen molar-refractivity contribution in [3.8, 4) is 11.5 Å². The van der Waals surface area contributed by atoms with Crippen molar-refractivity contribution in [1.82, 2.24) is 0 Å². The number of azo groups is 2. The Bertz CT molecular complexity index is 2680. The number of methoxy groups -OCH3 is 1. The van der Waals surface area contributed by atoms with E-state index in [1.165, 1.54) is 31.4 Å². The minimum atomic E-state index is -5.44. The zero-order chi connectivity index (χ0) is 42.9. The Labute approximate surface area is 449 Å². The van der Waals surface area contributed by atoms with Gasteiger partial charge in [-0.05, 0) is 53.9 Å². The Morgan fingerprint density at radius 3 is 1.95 bits per heavy atom. The zero-order valence-electron chi connectivity index (χ0n) is 32.5. The molecule has 35 heteroatoms. The fourth-order valence-electron chi connectivity index (χ4n) is 4.60. The number of nitrogens with zero attached hydrogens (tertiary/aromatic N) is 4. The van der Waals surface area contributed by atoms with Crippen LogP contribution < -0.4 is 139 Å². The van der Waals surface area contributed by atoms with E-state index in [0.717, 1.165) is 30.3 Å². The van der Waals surface area contributed by atoms with Gasteiger partial charge < -0.3 is 35.2 Å². The topological polar surface area (TPSA) is 389 Å². The smallest absolute Gasteiger partial charge is 0.744 e. The van der Waals surface area contributed by atoms with E-state index in [0.29, 0.717) is 0 Å². The second kappa shape index (κ2) is 27.6. The number of aromatic hydroxyl groups is 1. The van der Waals surface area contributed by atoms with Gasteiger partial charge in [-0.15, -0.1) is 19.7 Å². The Hall–Kier alpha value is -0.160. The van der Waals surface area contributed by atoms with Gasteiger partial charge in [-0.2, -0.15) is 9.45 Å². The summed E-state index contributed by atoms with van der Waals surface area (Å²) in [5, 5.41) is 53.3. The third-order valence-corrected chi connectivity index (χ3v) is 12.7. The number of rotatable bonds is 21. The van der Waals surface area contributed by atoms with Gasteiger partial charge in [0.1, 0.15) is 32.9 Å². The standard InChI is InChI=1S/C27H27N5O20S6.4Na/c1-46-20-6-5-18(55(36,37)9-7-47-54-52-50-35)14-19(20)30-31-25-21(53-51-49-34)11-15-12-22(57(40,41)42)26(24(28)23(15)27(25)33)32-29-16-3-2-4-17(13-16)56(38,39)10-8-48-58(43,44)45;;;;/h2-6,11-14,33-35H,7-10,28H2,1H3,(H,40,41,42)(H,43,44,45);;;;/q;4*+1/p-4. The summed E-state index contributed by atoms with van der Waals surface area (Å²) in [6.45, 7) is -1.45. The molecule has 0 bridgehead atoms. The van der Waals surface area contributed by atoms with Crippen LogP contribution in [0.2, 0.25) is 0 Å². The molecule has 0 atom stereocenters. The van der Waals surface area contributed by atoms with E-state index in [1.807, 2.05) is 0 Å². The van der Waals surface area contributed by atoms with Gasteiger partial charge in [0.15, 0.2) is 37.7 Å². The summed E-state index contributed by atoms with van der Waals surface area (Å²) >= 11 is 0.235. The summed E-state index contributed by atoms with van der Waals surface area (Å²) in [5.74, 6) is -2.47. The number of fused-ring (bicyclic) bond motifs is 1. The van der Waals surface area contributed by atoms with E-state index in [-0.39, 0.29) is 175 Å². The van der Waals surface area contributed by atoms with Gasteiger partial charge >= 0.3 is 118 Å². The molecule has 0 heterocycles. The molecule has 0 aliphatic heterocycles. The maximum absolute atomic E-state index is 12.9. The van der Waals surface area contributed by atoms with Crippen LogP contribution in [0.25, 0.3) is 10.8 Å². The summed E-state index contributed by atoms with van der Waals surface area (Å²) in [4.78, 5) is -2.14. The van der Waals surface area contributed by atoms with Gasteiger partial charge in [0.05, 0.1) is 80.2 Å². The molecule has 25 nitrogen and oxygen atoms in total. The first-order chi connectivity index (χ1) is 27.2. The van der Waals surface area contributed by atoms with Crippen LogP contribution in [-0.4, -0.2) is 79.7 Å². The van der Waals surface area contributed by atoms with Crippen molar-refractivity contribution in [1.29, 1.82) is 0 Å². The molecule has 62 heavy (non-hydrogen) atoms. The molecule has 0 radical (unpaired) electrons. The van der Waals surface area contributed by atoms with Crippen molar-refractivity contribution in [3.05, 3.63) is 54.6 Å². The molecule has 0 fully saturated rings. The first-order valence-electron chi connectivity index (χ1n) is 14.9. The van der Waals surface area contributed by atoms with Crippen molar-refractivity contribution in [3.63, 3.8) is 0 Å². The van der Waals surface area contributed by atoms with E-state index >= 15 is 0 Å². The SMILES string of the molecule is COc1ccc(S(=O)(=O)CCOSOO[O-])cc1N=Nc1c(SOO[O-])cc2cc(S(=O)(=O)[O-])c(N=Nc3cccc(S(=O)(=O)CCOS(=O)(=O)[O-])c3)c(N)c2c1O.[Na+].[Na+].[Na+].[Na+]. The van der Waals surface area contributed by atoms with E-state index in [2.05, 4.69) is 43.4 Å². The number of phenols is 1. The van der Waals surface area contributed by atoms with E-state index in [4.69, 9.17) is 14.7 Å². The van der Waals surface area contributed by atoms with Crippen molar-refractivity contribution < 1.29 is 208 Å². The number of hydrogen-bond acceptors (Lipinski definition) is 27. The molecule has 4 rings (SSSR count). The van der Waals surface area contributed by atoms with Crippen LogP contribution in [0.5, 0.6) is 11.5 Å². The molecular weight excluding hydrogens is 999 g/mol. The number of anilines is 1. The summed E-state index contributed by atoms with van der Waals surface area (Å²) in [7, 11) is -17.8. The average Bonchev–Trinajstić information content (AvgIpc) is 3.15. The summed E-state index contributed by atoms with van der Waals surface area (Å²) in [6, 6.07) is 9.58. The van der Waals surface area contributed by atoms with E-state index in [1.54, 1.807) is 0 Å². The molecule has 0 aliphatic carbocycles. The number of nitrogens with two attached hydrogens (primary N) is 1. The van der Waals surface area contributed by atoms with Gasteiger partial charge in [-0.1, -0.05) is 6.07 Å². The van der Waals surface area contributed by atoms with Gasteiger partial charge in [-0.3, -0.25) is 18.4 Å². The molecule has 3 N–H and O–H groups in total. The summed E-state index contributed by atoms with van der Waals surface area (Å²) < 4.78 is 143. The largest absolute Gasteiger partial charge is 1.00 e. The monoisotopic (exact) mass is 1020 g/mol. The molecule has 316 valence electrons. The van der Waals surface area contributed by atoms with Crippen molar-refractivity contribution in [2.24, 2.45) is 20.5 Å². The quantitative estimate of drug-likeness (QED) is 0.00900. The number of nitrogen functional groups attached to an aromatic ring is 1. The van der Waals surface area contributed by atoms with Crippen molar-refractivity contribution in [2.75, 3.05) is 37.6 Å². The van der Waals surface area contributed by atoms with Crippen molar-refractivity contribution >= 4 is 104 Å². The molecule has 0 saturated carbocycles. The maximum Gasteiger partial charge on any atom is 1.00 e. The molecule has 0 spiro atoms. The zero-order valence-corrected chi connectivity index (χ0v) is 45.4. The molecule has 0 saturated heterocycles. The van der Waals surface area contributed by atoms with E-state index < -0.39 is 103 Å². The number of sulfone groups is 2. The second-order valence-electron chi connectivity index (χ2n) is 10.6. The fraction of sp³-hybridized carbons (Fsp3) is 0.185. The maximum atomic E-state index is 12.9. The average molecular weight is 1020 g/mol. The van der Waals surface area contributed by atoms with Gasteiger partial charge in [0, 0.05) is 0 Å². The number of ether oxygens (including phenoxy) is 1. The third kappa shape index (κ3) is 17.5. The van der Waals surface area contributed by atoms with Crippen LogP contribution in [0, 0.1) is 0 Å². The minimum absolute atomic E-state index is 0. The van der Waals surface area contributed by atoms with Crippen LogP contribution in [0.4, 0.5) is 28.4 Å². The first-order valence-corrected chi connectivity index (χ1v) is 22.3. The van der Waals surface area contributed by atoms with Crippen LogP contribution in [0.15, 0.2) is 94.6 Å². The van der Waals surface area contributed by atoms with E-state index in [9.17, 15) is 58.4 Å². The molecule has 0 aliphatic rings. The molecule has 0 unspecified atom stereocenters. The first kappa shape index (κ1) is 61.8. The predicted octanol–water partition coefficient (Wildman–Crippen LogP) is -10.1. The Kier molecular flexibility index (Phi) is 27.5. The molecule has 0 aromatic heterocycles. The Balaban J connectivity index is 0.00000930. The number of phenolic OH excluding ortho intramolecular Hbond substituents is 1. The molecule has 0 amide bonds. The fourth-order valence-corrected chi connectivity index (χ4v) is 8.69.